The molecule has 1 amide bonds. The molecule has 0 spiro atoms. The van der Waals surface area contributed by atoms with Crippen molar-refractivity contribution in [1.29, 1.82) is 0 Å². The Kier molecular flexibility index (Phi) is 2.78. The van der Waals surface area contributed by atoms with Crippen molar-refractivity contribution in [2.24, 2.45) is 0 Å². The molecule has 19 heavy (non-hydrogen) atoms. The van der Waals surface area contributed by atoms with Gasteiger partial charge in [0.15, 0.2) is 5.76 Å². The van der Waals surface area contributed by atoms with Crippen molar-refractivity contribution >= 4 is 11.6 Å². The molecule has 0 saturated heterocycles. The van der Waals surface area contributed by atoms with E-state index in [9.17, 15) is 4.79 Å². The number of carbonyl (C=O) groups excluding carboxylic acids is 1. The normalized spacial score (nSPS) is 14.3. The molecule has 0 radical (unpaired) electrons. The van der Waals surface area contributed by atoms with Crippen molar-refractivity contribution in [3.63, 3.8) is 0 Å². The van der Waals surface area contributed by atoms with Gasteiger partial charge in [-0.05, 0) is 42.7 Å². The number of furan rings is 1. The van der Waals surface area contributed by atoms with Gasteiger partial charge in [0.25, 0.3) is 5.91 Å². The quantitative estimate of drug-likeness (QED) is 0.797. The van der Waals surface area contributed by atoms with Crippen molar-refractivity contribution in [3.05, 3.63) is 53.0 Å². The Morgan fingerprint density at radius 3 is 2.89 bits per heavy atom. The molecule has 1 aromatic heterocycles. The van der Waals surface area contributed by atoms with Gasteiger partial charge < -0.3 is 15.1 Å². The number of nitrogen functional groups attached to an aromatic ring is 1. The highest BCUT2D eigenvalue weighted by Crippen LogP contribution is 2.25. The van der Waals surface area contributed by atoms with Crippen molar-refractivity contribution in [2.75, 3.05) is 12.3 Å². The molecular weight excluding hydrogens is 240 g/mol. The number of benzene rings is 1. The fraction of sp³-hybridized carbons (Fsp3) is 0.267. The fourth-order valence-electron chi connectivity index (χ4n) is 2.49. The second-order valence-electron chi connectivity index (χ2n) is 4.87. The van der Waals surface area contributed by atoms with Crippen LogP contribution in [0.4, 0.5) is 5.69 Å². The van der Waals surface area contributed by atoms with E-state index in [1.54, 1.807) is 17.0 Å². The minimum Gasteiger partial charge on any atom is -0.456 e. The Morgan fingerprint density at radius 1 is 1.32 bits per heavy atom. The summed E-state index contributed by atoms with van der Waals surface area (Å²) in [6.45, 7) is 3.09. The van der Waals surface area contributed by atoms with E-state index >= 15 is 0 Å². The van der Waals surface area contributed by atoms with Crippen LogP contribution in [0, 0.1) is 6.92 Å². The molecule has 4 heteroatoms. The molecule has 0 atom stereocenters. The summed E-state index contributed by atoms with van der Waals surface area (Å²) in [5.74, 6) is 1.08. The fourth-order valence-corrected chi connectivity index (χ4v) is 2.49. The van der Waals surface area contributed by atoms with Crippen molar-refractivity contribution in [3.8, 4) is 0 Å². The third-order valence-electron chi connectivity index (χ3n) is 3.55. The lowest BCUT2D eigenvalue weighted by molar-refractivity contribution is 0.0701. The Hall–Kier alpha value is -2.23. The van der Waals surface area contributed by atoms with Crippen LogP contribution in [0.5, 0.6) is 0 Å². The van der Waals surface area contributed by atoms with Gasteiger partial charge in [-0.3, -0.25) is 4.79 Å². The molecule has 1 aliphatic heterocycles. The summed E-state index contributed by atoms with van der Waals surface area (Å²) in [5, 5.41) is 0. The van der Waals surface area contributed by atoms with Crippen LogP contribution in [0.3, 0.4) is 0 Å². The zero-order valence-electron chi connectivity index (χ0n) is 10.8. The van der Waals surface area contributed by atoms with E-state index in [2.05, 4.69) is 6.07 Å². The molecule has 0 unspecified atom stereocenters. The van der Waals surface area contributed by atoms with Gasteiger partial charge in [0, 0.05) is 18.8 Å². The van der Waals surface area contributed by atoms with Crippen LogP contribution in [-0.4, -0.2) is 17.4 Å². The molecular formula is C15H16N2O2. The summed E-state index contributed by atoms with van der Waals surface area (Å²) in [4.78, 5) is 14.1. The van der Waals surface area contributed by atoms with E-state index in [0.29, 0.717) is 18.8 Å². The molecule has 1 aliphatic rings. The van der Waals surface area contributed by atoms with E-state index in [0.717, 1.165) is 23.4 Å². The first-order valence-electron chi connectivity index (χ1n) is 6.37. The predicted molar refractivity (Wildman–Crippen MR) is 72.7 cm³/mol. The van der Waals surface area contributed by atoms with E-state index < -0.39 is 0 Å². The van der Waals surface area contributed by atoms with Crippen LogP contribution in [0.25, 0.3) is 0 Å². The maximum atomic E-state index is 12.3. The Morgan fingerprint density at radius 2 is 2.16 bits per heavy atom. The summed E-state index contributed by atoms with van der Waals surface area (Å²) in [5.41, 5.74) is 9.04. The number of carbonyl (C=O) groups is 1. The molecule has 0 fully saturated rings. The van der Waals surface area contributed by atoms with Crippen molar-refractivity contribution in [2.45, 2.75) is 19.9 Å². The largest absolute Gasteiger partial charge is 0.456 e. The number of amides is 1. The second-order valence-corrected chi connectivity index (χ2v) is 4.87. The predicted octanol–water partition coefficient (Wildman–Crippen LogP) is 2.37. The molecule has 1 aromatic carbocycles. The standard InChI is InChI=1S/C15H16N2O2/c1-10-5-6-14(19-10)15(18)17-8-7-11-3-2-4-13(16)12(11)9-17/h2-6H,7-9,16H2,1H3. The molecule has 2 heterocycles. The van der Waals surface area contributed by atoms with Crippen LogP contribution in [0.1, 0.15) is 27.4 Å². The molecule has 0 saturated carbocycles. The first-order chi connectivity index (χ1) is 9.15. The average Bonchev–Trinajstić information content (AvgIpc) is 2.85. The first-order valence-corrected chi connectivity index (χ1v) is 6.37. The summed E-state index contributed by atoms with van der Waals surface area (Å²) in [7, 11) is 0. The number of fused-ring (bicyclic) bond motifs is 1. The zero-order valence-corrected chi connectivity index (χ0v) is 10.8. The topological polar surface area (TPSA) is 59.5 Å². The maximum Gasteiger partial charge on any atom is 0.289 e. The number of nitrogens with zero attached hydrogens (tertiary/aromatic N) is 1. The molecule has 2 N–H and O–H groups in total. The number of hydrogen-bond donors (Lipinski definition) is 1. The van der Waals surface area contributed by atoms with E-state index in [-0.39, 0.29) is 5.91 Å². The minimum absolute atomic E-state index is 0.0676. The first kappa shape index (κ1) is 11.8. The minimum atomic E-state index is -0.0676. The SMILES string of the molecule is Cc1ccc(C(=O)N2CCc3cccc(N)c3C2)o1. The molecule has 2 aromatic rings. The Bertz CT molecular complexity index is 631. The highest BCUT2D eigenvalue weighted by Gasteiger charge is 2.24. The van der Waals surface area contributed by atoms with Gasteiger partial charge in [0.2, 0.25) is 0 Å². The molecule has 4 nitrogen and oxygen atoms in total. The van der Waals surface area contributed by atoms with Gasteiger partial charge in [0.1, 0.15) is 5.76 Å². The van der Waals surface area contributed by atoms with E-state index in [4.69, 9.17) is 10.2 Å². The second kappa shape index (κ2) is 4.46. The number of nitrogens with two attached hydrogens (primary N) is 1. The van der Waals surface area contributed by atoms with Gasteiger partial charge in [0.05, 0.1) is 0 Å². The van der Waals surface area contributed by atoms with Crippen molar-refractivity contribution in [1.82, 2.24) is 4.90 Å². The number of hydrogen-bond acceptors (Lipinski definition) is 3. The van der Waals surface area contributed by atoms with Crippen LogP contribution >= 0.6 is 0 Å². The van der Waals surface area contributed by atoms with Crippen molar-refractivity contribution < 1.29 is 9.21 Å². The van der Waals surface area contributed by atoms with Crippen LogP contribution in [0.15, 0.2) is 34.7 Å². The van der Waals surface area contributed by atoms with Gasteiger partial charge in [-0.1, -0.05) is 12.1 Å². The summed E-state index contributed by atoms with van der Waals surface area (Å²) in [6, 6.07) is 9.44. The smallest absolute Gasteiger partial charge is 0.289 e. The third kappa shape index (κ3) is 2.10. The lowest BCUT2D eigenvalue weighted by Gasteiger charge is -2.29. The van der Waals surface area contributed by atoms with Crippen LogP contribution in [0.2, 0.25) is 0 Å². The lowest BCUT2D eigenvalue weighted by atomic mass is 9.98. The Balaban J connectivity index is 1.86. The van der Waals surface area contributed by atoms with E-state index in [1.807, 2.05) is 19.1 Å². The summed E-state index contributed by atoms with van der Waals surface area (Å²) in [6.07, 6.45) is 0.839. The maximum absolute atomic E-state index is 12.3. The van der Waals surface area contributed by atoms with Gasteiger partial charge in [-0.2, -0.15) is 0 Å². The van der Waals surface area contributed by atoms with Gasteiger partial charge >= 0.3 is 0 Å². The van der Waals surface area contributed by atoms with Gasteiger partial charge in [-0.25, -0.2) is 0 Å². The van der Waals surface area contributed by atoms with Crippen LogP contribution < -0.4 is 5.73 Å². The summed E-state index contributed by atoms with van der Waals surface area (Å²) < 4.78 is 5.39. The molecule has 0 bridgehead atoms. The Labute approximate surface area is 111 Å². The monoisotopic (exact) mass is 256 g/mol. The van der Waals surface area contributed by atoms with Crippen LogP contribution in [-0.2, 0) is 13.0 Å². The lowest BCUT2D eigenvalue weighted by Crippen LogP contribution is -2.36. The summed E-state index contributed by atoms with van der Waals surface area (Å²) >= 11 is 0. The average molecular weight is 256 g/mol. The molecule has 3 rings (SSSR count). The zero-order chi connectivity index (χ0) is 13.4. The number of anilines is 1. The van der Waals surface area contributed by atoms with E-state index in [1.165, 1.54) is 5.56 Å². The number of aryl methyl sites for hydroxylation is 1. The molecule has 98 valence electrons. The number of rotatable bonds is 1. The van der Waals surface area contributed by atoms with Gasteiger partial charge in [-0.15, -0.1) is 0 Å². The highest BCUT2D eigenvalue weighted by molar-refractivity contribution is 5.91. The third-order valence-corrected chi connectivity index (χ3v) is 3.55. The highest BCUT2D eigenvalue weighted by atomic mass is 16.3. The molecule has 0 aliphatic carbocycles.